The van der Waals surface area contributed by atoms with E-state index in [9.17, 15) is 13.6 Å². The van der Waals surface area contributed by atoms with E-state index in [1.165, 1.54) is 37.8 Å². The first kappa shape index (κ1) is 20.4. The van der Waals surface area contributed by atoms with Crippen LogP contribution < -0.4 is 20.5 Å². The van der Waals surface area contributed by atoms with Crippen LogP contribution in [-0.4, -0.2) is 34.7 Å². The lowest BCUT2D eigenvalue weighted by molar-refractivity contribution is -0.0498. The average Bonchev–Trinajstić information content (AvgIpc) is 3.55. The number of piperidine rings is 1. The summed E-state index contributed by atoms with van der Waals surface area (Å²) in [5.74, 6) is 1.27. The van der Waals surface area contributed by atoms with Crippen molar-refractivity contribution in [2.45, 2.75) is 32.3 Å². The van der Waals surface area contributed by atoms with Crippen molar-refractivity contribution >= 4 is 17.5 Å². The molecule has 1 saturated carbocycles. The van der Waals surface area contributed by atoms with Gasteiger partial charge in [-0.25, -0.2) is 4.98 Å². The number of aromatic amines is 1. The first-order valence-electron chi connectivity index (χ1n) is 10.6. The van der Waals surface area contributed by atoms with Crippen molar-refractivity contribution in [3.05, 3.63) is 59.1 Å². The summed E-state index contributed by atoms with van der Waals surface area (Å²) in [6, 6.07) is 9.64. The van der Waals surface area contributed by atoms with Gasteiger partial charge in [0.05, 0.1) is 0 Å². The van der Waals surface area contributed by atoms with Gasteiger partial charge in [0.25, 0.3) is 5.56 Å². The molecule has 166 valence electrons. The third-order valence-electron chi connectivity index (χ3n) is 6.29. The SMILES string of the molecule is O=c1[nH]cc(-c2ccc(OC(F)F)cc2)cc1Nc1ccnc(N2CCC3(CC2)CC3)n1. The Morgan fingerprint density at radius 2 is 1.81 bits per heavy atom. The van der Waals surface area contributed by atoms with Crippen LogP contribution in [0.2, 0.25) is 0 Å². The molecule has 0 radical (unpaired) electrons. The minimum atomic E-state index is -2.87. The van der Waals surface area contributed by atoms with E-state index in [1.807, 2.05) is 0 Å². The smallest absolute Gasteiger partial charge is 0.387 e. The monoisotopic (exact) mass is 439 g/mol. The van der Waals surface area contributed by atoms with Gasteiger partial charge in [-0.2, -0.15) is 13.8 Å². The lowest BCUT2D eigenvalue weighted by atomic mass is 9.94. The molecule has 32 heavy (non-hydrogen) atoms. The lowest BCUT2D eigenvalue weighted by Crippen LogP contribution is -2.35. The fourth-order valence-electron chi connectivity index (χ4n) is 4.14. The summed E-state index contributed by atoms with van der Waals surface area (Å²) in [5, 5.41) is 3.08. The molecule has 2 aliphatic rings. The lowest BCUT2D eigenvalue weighted by Gasteiger charge is -2.32. The number of ether oxygens (including phenoxy) is 1. The molecule has 2 fully saturated rings. The number of hydrogen-bond donors (Lipinski definition) is 2. The van der Waals surface area contributed by atoms with Crippen LogP contribution in [0.15, 0.2) is 53.6 Å². The van der Waals surface area contributed by atoms with Crippen LogP contribution in [0.3, 0.4) is 0 Å². The highest BCUT2D eigenvalue weighted by Gasteiger charge is 2.44. The van der Waals surface area contributed by atoms with E-state index < -0.39 is 6.61 Å². The molecular formula is C23H23F2N5O2. The van der Waals surface area contributed by atoms with Gasteiger partial charge in [0.1, 0.15) is 17.3 Å². The van der Waals surface area contributed by atoms with Gasteiger partial charge in [0.2, 0.25) is 5.95 Å². The van der Waals surface area contributed by atoms with E-state index in [2.05, 4.69) is 29.9 Å². The van der Waals surface area contributed by atoms with Crippen LogP contribution in [0, 0.1) is 5.41 Å². The second kappa shape index (κ2) is 8.22. The summed E-state index contributed by atoms with van der Waals surface area (Å²) < 4.78 is 29.1. The van der Waals surface area contributed by atoms with E-state index >= 15 is 0 Å². The highest BCUT2D eigenvalue weighted by atomic mass is 19.3. The molecule has 5 rings (SSSR count). The van der Waals surface area contributed by atoms with Crippen LogP contribution >= 0.6 is 0 Å². The van der Waals surface area contributed by atoms with E-state index in [-0.39, 0.29) is 11.3 Å². The zero-order valence-electron chi connectivity index (χ0n) is 17.4. The van der Waals surface area contributed by atoms with Crippen molar-refractivity contribution in [1.82, 2.24) is 15.0 Å². The Morgan fingerprint density at radius 3 is 2.50 bits per heavy atom. The van der Waals surface area contributed by atoms with E-state index in [0.29, 0.717) is 22.9 Å². The van der Waals surface area contributed by atoms with Gasteiger partial charge in [-0.15, -0.1) is 0 Å². The molecular weight excluding hydrogens is 416 g/mol. The molecule has 2 N–H and O–H groups in total. The summed E-state index contributed by atoms with van der Waals surface area (Å²) in [4.78, 5) is 26.3. The van der Waals surface area contributed by atoms with Gasteiger partial charge >= 0.3 is 6.61 Å². The van der Waals surface area contributed by atoms with Gasteiger partial charge in [-0.3, -0.25) is 4.79 Å². The maximum Gasteiger partial charge on any atom is 0.387 e. The van der Waals surface area contributed by atoms with Gasteiger partial charge in [0, 0.05) is 31.0 Å². The molecule has 1 aliphatic carbocycles. The maximum atomic E-state index is 12.4. The number of aromatic nitrogens is 3. The normalized spacial score (nSPS) is 16.9. The predicted octanol–water partition coefficient (Wildman–Crippen LogP) is 4.56. The molecule has 0 unspecified atom stereocenters. The Morgan fingerprint density at radius 1 is 1.06 bits per heavy atom. The first-order chi connectivity index (χ1) is 15.5. The highest BCUT2D eigenvalue weighted by molar-refractivity contribution is 5.69. The van der Waals surface area contributed by atoms with Crippen LogP contribution in [-0.2, 0) is 0 Å². The van der Waals surface area contributed by atoms with Gasteiger partial charge < -0.3 is 19.9 Å². The fraction of sp³-hybridized carbons (Fsp3) is 0.348. The van der Waals surface area contributed by atoms with E-state index in [1.54, 1.807) is 36.7 Å². The summed E-state index contributed by atoms with van der Waals surface area (Å²) in [6.07, 6.45) is 8.29. The number of alkyl halides is 2. The molecule has 0 amide bonds. The van der Waals surface area contributed by atoms with Crippen LogP contribution in [0.5, 0.6) is 5.75 Å². The molecule has 1 aromatic carbocycles. The van der Waals surface area contributed by atoms with Crippen molar-refractivity contribution in [2.24, 2.45) is 5.41 Å². The number of pyridine rings is 1. The Balaban J connectivity index is 1.33. The van der Waals surface area contributed by atoms with Gasteiger partial charge in [-0.1, -0.05) is 12.1 Å². The summed E-state index contributed by atoms with van der Waals surface area (Å²) in [7, 11) is 0. The molecule has 1 saturated heterocycles. The predicted molar refractivity (Wildman–Crippen MR) is 118 cm³/mol. The quantitative estimate of drug-likeness (QED) is 0.586. The molecule has 3 heterocycles. The molecule has 9 heteroatoms. The minimum absolute atomic E-state index is 0.0744. The minimum Gasteiger partial charge on any atom is -0.435 e. The van der Waals surface area contributed by atoms with Crippen LogP contribution in [0.1, 0.15) is 25.7 Å². The maximum absolute atomic E-state index is 12.4. The second-order valence-corrected chi connectivity index (χ2v) is 8.39. The Hall–Kier alpha value is -3.49. The molecule has 1 aliphatic heterocycles. The molecule has 0 atom stereocenters. The van der Waals surface area contributed by atoms with Crippen LogP contribution in [0.25, 0.3) is 11.1 Å². The fourth-order valence-corrected chi connectivity index (χ4v) is 4.14. The number of hydrogen-bond acceptors (Lipinski definition) is 6. The standard InChI is InChI=1S/C23H23F2N5O2/c24-21(25)32-17-3-1-15(2-4-17)16-13-18(20(31)27-14-16)28-19-5-10-26-22(29-19)30-11-8-23(6-7-23)9-12-30/h1-5,10,13-14,21H,6-9,11-12H2,(H,27,31)(H,26,28,29). The topological polar surface area (TPSA) is 83.1 Å². The molecule has 7 nitrogen and oxygen atoms in total. The van der Waals surface area contributed by atoms with Crippen molar-refractivity contribution < 1.29 is 13.5 Å². The Kier molecular flexibility index (Phi) is 5.24. The highest BCUT2D eigenvalue weighted by Crippen LogP contribution is 2.53. The zero-order chi connectivity index (χ0) is 22.1. The number of halogens is 2. The molecule has 3 aromatic rings. The third-order valence-corrected chi connectivity index (χ3v) is 6.29. The van der Waals surface area contributed by atoms with E-state index in [4.69, 9.17) is 0 Å². The van der Waals surface area contributed by atoms with Crippen molar-refractivity contribution in [3.63, 3.8) is 0 Å². The summed E-state index contributed by atoms with van der Waals surface area (Å²) in [5.41, 5.74) is 2.08. The molecule has 1 spiro atoms. The Bertz CT molecular complexity index is 1150. The Labute approximate surface area is 183 Å². The third kappa shape index (κ3) is 4.42. The second-order valence-electron chi connectivity index (χ2n) is 8.39. The number of benzene rings is 1. The van der Waals surface area contributed by atoms with Crippen LogP contribution in [0.4, 0.5) is 26.2 Å². The summed E-state index contributed by atoms with van der Waals surface area (Å²) >= 11 is 0. The largest absolute Gasteiger partial charge is 0.435 e. The van der Waals surface area contributed by atoms with Crippen molar-refractivity contribution in [2.75, 3.05) is 23.3 Å². The number of nitrogens with one attached hydrogen (secondary N) is 2. The van der Waals surface area contributed by atoms with E-state index in [0.717, 1.165) is 24.2 Å². The first-order valence-corrected chi connectivity index (χ1v) is 10.6. The molecule has 2 aromatic heterocycles. The number of H-pyrrole nitrogens is 1. The van der Waals surface area contributed by atoms with Gasteiger partial charge in [0.15, 0.2) is 0 Å². The van der Waals surface area contributed by atoms with Crippen molar-refractivity contribution in [3.8, 4) is 16.9 Å². The average molecular weight is 439 g/mol. The van der Waals surface area contributed by atoms with Crippen molar-refractivity contribution in [1.29, 1.82) is 0 Å². The number of anilines is 3. The number of nitrogens with zero attached hydrogens (tertiary/aromatic N) is 3. The number of rotatable bonds is 6. The van der Waals surface area contributed by atoms with Gasteiger partial charge in [-0.05, 0) is 60.9 Å². The molecule has 0 bridgehead atoms. The zero-order valence-corrected chi connectivity index (χ0v) is 17.4. The summed E-state index contributed by atoms with van der Waals surface area (Å²) in [6.45, 7) is -0.975.